The van der Waals surface area contributed by atoms with Crippen molar-refractivity contribution < 1.29 is 0 Å². The number of hydrogen-bond acceptors (Lipinski definition) is 3. The SMILES string of the molecule is CC(C)CN1[C@H](C)CC(N2CC3(CN(C(C)C)C3)C2)C[C@H]1C. The van der Waals surface area contributed by atoms with Crippen LogP contribution in [-0.4, -0.2) is 71.6 Å². The van der Waals surface area contributed by atoms with E-state index in [0.717, 1.165) is 30.1 Å². The van der Waals surface area contributed by atoms with E-state index in [4.69, 9.17) is 0 Å². The van der Waals surface area contributed by atoms with Gasteiger partial charge < -0.3 is 0 Å². The van der Waals surface area contributed by atoms with E-state index >= 15 is 0 Å². The van der Waals surface area contributed by atoms with Crippen LogP contribution in [0.5, 0.6) is 0 Å². The Morgan fingerprint density at radius 2 is 1.45 bits per heavy atom. The number of piperidine rings is 1. The molecule has 0 amide bonds. The molecule has 0 aliphatic carbocycles. The third kappa shape index (κ3) is 3.09. The summed E-state index contributed by atoms with van der Waals surface area (Å²) in [6, 6.07) is 3.08. The van der Waals surface area contributed by atoms with Gasteiger partial charge in [0.25, 0.3) is 0 Å². The lowest BCUT2D eigenvalue weighted by Gasteiger charge is -2.64. The molecule has 3 heterocycles. The largest absolute Gasteiger partial charge is 0.300 e. The Morgan fingerprint density at radius 3 is 1.91 bits per heavy atom. The van der Waals surface area contributed by atoms with Crippen molar-refractivity contribution in [3.05, 3.63) is 0 Å². The smallest absolute Gasteiger partial charge is 0.0212 e. The van der Waals surface area contributed by atoms with Crippen LogP contribution < -0.4 is 0 Å². The second-order valence-corrected chi connectivity index (χ2v) is 9.32. The highest BCUT2D eigenvalue weighted by Crippen LogP contribution is 2.43. The fraction of sp³-hybridized carbons (Fsp3) is 1.00. The number of nitrogens with zero attached hydrogens (tertiary/aromatic N) is 3. The molecule has 3 aliphatic rings. The van der Waals surface area contributed by atoms with Crippen LogP contribution >= 0.6 is 0 Å². The van der Waals surface area contributed by atoms with E-state index in [0.29, 0.717) is 5.41 Å². The molecule has 0 bridgehead atoms. The van der Waals surface area contributed by atoms with Crippen LogP contribution in [0.2, 0.25) is 0 Å². The Bertz CT molecular complexity index is 366. The van der Waals surface area contributed by atoms with Gasteiger partial charge in [0, 0.05) is 62.3 Å². The van der Waals surface area contributed by atoms with Crippen molar-refractivity contribution in [3.63, 3.8) is 0 Å². The number of rotatable bonds is 4. The van der Waals surface area contributed by atoms with Crippen molar-refractivity contribution in [3.8, 4) is 0 Å². The van der Waals surface area contributed by atoms with Crippen molar-refractivity contribution in [2.24, 2.45) is 11.3 Å². The van der Waals surface area contributed by atoms with Crippen molar-refractivity contribution in [2.45, 2.75) is 78.6 Å². The first kappa shape index (κ1) is 16.7. The maximum absolute atomic E-state index is 2.80. The summed E-state index contributed by atoms with van der Waals surface area (Å²) in [7, 11) is 0. The van der Waals surface area contributed by atoms with Crippen LogP contribution in [0.3, 0.4) is 0 Å². The Hall–Kier alpha value is -0.120. The van der Waals surface area contributed by atoms with Gasteiger partial charge in [-0.05, 0) is 46.5 Å². The van der Waals surface area contributed by atoms with Gasteiger partial charge in [-0.3, -0.25) is 14.7 Å². The maximum atomic E-state index is 2.80. The van der Waals surface area contributed by atoms with Crippen molar-refractivity contribution in [2.75, 3.05) is 32.7 Å². The van der Waals surface area contributed by atoms with Crippen LogP contribution in [0.4, 0.5) is 0 Å². The van der Waals surface area contributed by atoms with Crippen molar-refractivity contribution in [1.82, 2.24) is 14.7 Å². The lowest BCUT2D eigenvalue weighted by Crippen LogP contribution is -2.75. The first-order valence-electron chi connectivity index (χ1n) is 9.53. The molecule has 22 heavy (non-hydrogen) atoms. The molecule has 0 saturated carbocycles. The summed E-state index contributed by atoms with van der Waals surface area (Å²) < 4.78 is 0. The molecule has 3 fully saturated rings. The average molecular weight is 308 g/mol. The van der Waals surface area contributed by atoms with E-state index in [9.17, 15) is 0 Å². The molecule has 0 aromatic heterocycles. The molecule has 2 atom stereocenters. The van der Waals surface area contributed by atoms with Crippen LogP contribution in [0.1, 0.15) is 54.4 Å². The third-order valence-electron chi connectivity index (χ3n) is 6.34. The molecule has 3 rings (SSSR count). The van der Waals surface area contributed by atoms with E-state index in [2.05, 4.69) is 56.2 Å². The molecule has 0 unspecified atom stereocenters. The molecular formula is C19H37N3. The van der Waals surface area contributed by atoms with Crippen LogP contribution in [-0.2, 0) is 0 Å². The number of hydrogen-bond donors (Lipinski definition) is 0. The van der Waals surface area contributed by atoms with E-state index in [1.165, 1.54) is 45.6 Å². The second-order valence-electron chi connectivity index (χ2n) is 9.32. The summed E-state index contributed by atoms with van der Waals surface area (Å²) in [5.41, 5.74) is 0.672. The Kier molecular flexibility index (Phi) is 4.61. The van der Waals surface area contributed by atoms with Gasteiger partial charge in [0.15, 0.2) is 0 Å². The minimum Gasteiger partial charge on any atom is -0.300 e. The summed E-state index contributed by atoms with van der Waals surface area (Å²) in [5.74, 6) is 0.783. The predicted molar refractivity (Wildman–Crippen MR) is 94.2 cm³/mol. The Morgan fingerprint density at radius 1 is 0.909 bits per heavy atom. The molecule has 3 heteroatoms. The monoisotopic (exact) mass is 307 g/mol. The van der Waals surface area contributed by atoms with Gasteiger partial charge in [-0.1, -0.05) is 13.8 Å². The van der Waals surface area contributed by atoms with Gasteiger partial charge in [0.05, 0.1) is 0 Å². The second kappa shape index (κ2) is 6.07. The summed E-state index contributed by atoms with van der Waals surface area (Å²) in [5, 5.41) is 0. The quantitative estimate of drug-likeness (QED) is 0.791. The standard InChI is InChI=1S/C19H37N3/c1-14(2)9-22-16(5)7-18(8-17(22)6)21-12-19(13-21)10-20(11-19)15(3)4/h14-18H,7-13H2,1-6H3/t16-,17-/m1/s1. The molecule has 0 aromatic carbocycles. The molecule has 3 saturated heterocycles. The molecule has 1 spiro atoms. The minimum absolute atomic E-state index is 0.672. The maximum Gasteiger partial charge on any atom is 0.0212 e. The van der Waals surface area contributed by atoms with E-state index < -0.39 is 0 Å². The van der Waals surface area contributed by atoms with Crippen LogP contribution in [0, 0.1) is 11.3 Å². The molecule has 0 N–H and O–H groups in total. The minimum atomic E-state index is 0.672. The van der Waals surface area contributed by atoms with Gasteiger partial charge in [0.1, 0.15) is 0 Å². The Balaban J connectivity index is 1.48. The van der Waals surface area contributed by atoms with Gasteiger partial charge in [-0.2, -0.15) is 0 Å². The fourth-order valence-electron chi connectivity index (χ4n) is 5.12. The predicted octanol–water partition coefficient (Wildman–Crippen LogP) is 2.91. The van der Waals surface area contributed by atoms with Gasteiger partial charge >= 0.3 is 0 Å². The topological polar surface area (TPSA) is 9.72 Å². The van der Waals surface area contributed by atoms with Crippen LogP contribution in [0.25, 0.3) is 0 Å². The highest BCUT2D eigenvalue weighted by molar-refractivity contribution is 5.08. The van der Waals surface area contributed by atoms with Crippen molar-refractivity contribution in [1.29, 1.82) is 0 Å². The van der Waals surface area contributed by atoms with E-state index in [1.54, 1.807) is 0 Å². The highest BCUT2D eigenvalue weighted by atomic mass is 15.3. The average Bonchev–Trinajstić information content (AvgIpc) is 2.29. The highest BCUT2D eigenvalue weighted by Gasteiger charge is 2.54. The zero-order valence-corrected chi connectivity index (χ0v) is 15.7. The van der Waals surface area contributed by atoms with E-state index in [-0.39, 0.29) is 0 Å². The molecule has 128 valence electrons. The zero-order chi connectivity index (χ0) is 16.1. The Labute approximate surface area is 138 Å². The van der Waals surface area contributed by atoms with Crippen molar-refractivity contribution >= 4 is 0 Å². The zero-order valence-electron chi connectivity index (χ0n) is 15.7. The van der Waals surface area contributed by atoms with Gasteiger partial charge in [-0.25, -0.2) is 0 Å². The van der Waals surface area contributed by atoms with Gasteiger partial charge in [-0.15, -0.1) is 0 Å². The van der Waals surface area contributed by atoms with E-state index in [1.807, 2.05) is 0 Å². The normalized spacial score (nSPS) is 36.8. The molecular weight excluding hydrogens is 270 g/mol. The number of likely N-dealkylation sites (tertiary alicyclic amines) is 3. The molecule has 0 radical (unpaired) electrons. The summed E-state index contributed by atoms with van der Waals surface area (Å²) >= 11 is 0. The molecule has 0 aromatic rings. The molecule has 3 aliphatic heterocycles. The first-order chi connectivity index (χ1) is 10.3. The first-order valence-corrected chi connectivity index (χ1v) is 9.53. The lowest BCUT2D eigenvalue weighted by atomic mass is 9.70. The summed E-state index contributed by atoms with van der Waals surface area (Å²) in [6.45, 7) is 20.9. The summed E-state index contributed by atoms with van der Waals surface area (Å²) in [4.78, 5) is 8.19. The summed E-state index contributed by atoms with van der Waals surface area (Å²) in [6.07, 6.45) is 2.75. The fourth-order valence-corrected chi connectivity index (χ4v) is 5.12. The van der Waals surface area contributed by atoms with Crippen LogP contribution in [0.15, 0.2) is 0 Å². The lowest BCUT2D eigenvalue weighted by molar-refractivity contribution is -0.150. The molecule has 3 nitrogen and oxygen atoms in total. The van der Waals surface area contributed by atoms with Gasteiger partial charge in [0.2, 0.25) is 0 Å². The third-order valence-corrected chi connectivity index (χ3v) is 6.34.